The number of thiazole rings is 1. The number of aryl methyl sites for hydroxylation is 3. The van der Waals surface area contributed by atoms with Crippen molar-refractivity contribution in [2.45, 2.75) is 20.8 Å². The number of nitrogens with zero attached hydrogens (tertiary/aromatic N) is 3. The van der Waals surface area contributed by atoms with Crippen LogP contribution in [0.25, 0.3) is 16.8 Å². The first-order valence-corrected chi connectivity index (χ1v) is 12.8. The molecule has 34 heavy (non-hydrogen) atoms. The van der Waals surface area contributed by atoms with Crippen molar-refractivity contribution in [1.29, 1.82) is 0 Å². The van der Waals surface area contributed by atoms with E-state index < -0.39 is 0 Å². The van der Waals surface area contributed by atoms with E-state index in [1.54, 1.807) is 11.8 Å². The van der Waals surface area contributed by atoms with E-state index in [1.807, 2.05) is 54.2 Å². The van der Waals surface area contributed by atoms with E-state index in [-0.39, 0.29) is 5.56 Å². The molecule has 0 radical (unpaired) electrons. The fraction of sp³-hybridized carbons (Fsp3) is 0.143. The molecule has 0 bridgehead atoms. The Balaban J connectivity index is 1.80. The van der Waals surface area contributed by atoms with Crippen molar-refractivity contribution in [2.24, 2.45) is 7.05 Å². The third-order valence-electron chi connectivity index (χ3n) is 5.87. The summed E-state index contributed by atoms with van der Waals surface area (Å²) >= 11 is 3.15. The number of rotatable bonds is 3. The van der Waals surface area contributed by atoms with Crippen LogP contribution in [0.5, 0.6) is 0 Å². The lowest BCUT2D eigenvalue weighted by atomic mass is 10.2. The Labute approximate surface area is 207 Å². The minimum absolute atomic E-state index is 0.00130. The zero-order valence-electron chi connectivity index (χ0n) is 19.6. The first kappa shape index (κ1) is 22.4. The number of benzene rings is 2. The molecule has 0 amide bonds. The number of allylic oxidation sites excluding steroid dienone is 1. The molecule has 0 atom stereocenters. The van der Waals surface area contributed by atoms with Gasteiger partial charge < -0.3 is 4.90 Å². The maximum Gasteiger partial charge on any atom is 0.276 e. The summed E-state index contributed by atoms with van der Waals surface area (Å²) in [6.45, 7) is 6.23. The smallest absolute Gasteiger partial charge is 0.276 e. The molecular formula is C28H26N3OS2+. The summed E-state index contributed by atoms with van der Waals surface area (Å²) in [5, 5.41) is 3.07. The largest absolute Gasteiger partial charge is 0.307 e. The first-order chi connectivity index (χ1) is 16.4. The molecule has 5 rings (SSSR count). The zero-order chi connectivity index (χ0) is 23.8. The number of hydrogen-bond acceptors (Lipinski definition) is 4. The molecule has 3 heterocycles. The second kappa shape index (κ2) is 9.12. The quantitative estimate of drug-likeness (QED) is 0.405. The number of anilines is 1. The lowest BCUT2D eigenvalue weighted by molar-refractivity contribution is -0.673. The average Bonchev–Trinajstić information content (AvgIpc) is 3.36. The molecule has 0 N–H and O–H groups in total. The van der Waals surface area contributed by atoms with Crippen LogP contribution in [0.2, 0.25) is 0 Å². The van der Waals surface area contributed by atoms with Crippen molar-refractivity contribution < 1.29 is 4.57 Å². The van der Waals surface area contributed by atoms with Crippen molar-refractivity contribution in [1.82, 2.24) is 4.57 Å². The third-order valence-corrected chi connectivity index (χ3v) is 8.15. The van der Waals surface area contributed by atoms with Gasteiger partial charge in [0.1, 0.15) is 21.3 Å². The predicted octanol–water partition coefficient (Wildman–Crippen LogP) is 4.35. The highest BCUT2D eigenvalue weighted by atomic mass is 32.2. The van der Waals surface area contributed by atoms with Crippen molar-refractivity contribution in [3.05, 3.63) is 120 Å². The van der Waals surface area contributed by atoms with Gasteiger partial charge >= 0.3 is 0 Å². The number of thioether (sulfide) groups is 1. The Bertz CT molecular complexity index is 1580. The van der Waals surface area contributed by atoms with E-state index in [9.17, 15) is 4.79 Å². The van der Waals surface area contributed by atoms with Gasteiger partial charge in [0.2, 0.25) is 5.69 Å². The fourth-order valence-corrected chi connectivity index (χ4v) is 6.18. The predicted molar refractivity (Wildman–Crippen MR) is 144 cm³/mol. The summed E-state index contributed by atoms with van der Waals surface area (Å²) in [5.74, 6) is 0. The molecule has 1 aliphatic heterocycles. The van der Waals surface area contributed by atoms with E-state index in [2.05, 4.69) is 72.1 Å². The molecule has 2 aromatic carbocycles. The van der Waals surface area contributed by atoms with Crippen LogP contribution in [-0.2, 0) is 7.05 Å². The van der Waals surface area contributed by atoms with Crippen LogP contribution in [0.15, 0.2) is 88.8 Å². The Morgan fingerprint density at radius 3 is 2.15 bits per heavy atom. The summed E-state index contributed by atoms with van der Waals surface area (Å²) in [6.07, 6.45) is 4.11. The molecule has 0 unspecified atom stereocenters. The molecule has 170 valence electrons. The zero-order valence-corrected chi connectivity index (χ0v) is 21.3. The highest BCUT2D eigenvalue weighted by Crippen LogP contribution is 2.38. The van der Waals surface area contributed by atoms with Gasteiger partial charge in [-0.15, -0.1) is 11.3 Å². The normalized spacial score (nSPS) is 15.7. The Morgan fingerprint density at radius 2 is 1.50 bits per heavy atom. The minimum Gasteiger partial charge on any atom is -0.307 e. The van der Waals surface area contributed by atoms with Gasteiger partial charge in [-0.3, -0.25) is 9.36 Å². The second-order valence-corrected chi connectivity index (χ2v) is 10.4. The number of pyridine rings is 1. The molecule has 0 aliphatic carbocycles. The van der Waals surface area contributed by atoms with Crippen molar-refractivity contribution >= 4 is 39.9 Å². The Morgan fingerprint density at radius 1 is 0.853 bits per heavy atom. The van der Waals surface area contributed by atoms with Gasteiger partial charge in [-0.2, -0.15) is 0 Å². The van der Waals surface area contributed by atoms with Crippen LogP contribution in [0.4, 0.5) is 5.69 Å². The van der Waals surface area contributed by atoms with Gasteiger partial charge in [-0.25, -0.2) is 4.57 Å². The fourth-order valence-electron chi connectivity index (χ4n) is 3.95. The Kier molecular flexibility index (Phi) is 6.02. The standard InChI is InChI=1S/C28H26N3OS2/c1-19-8-12-22(13-9-19)30-21(3)18-33-28(30)26-27(32)31(23-14-10-20(2)11-15-23)25(34-26)17-24-7-5-6-16-29(24)4/h5-18H,1-4H3/q+1/b28-26+. The molecule has 1 aliphatic rings. The number of hydrogen-bond donors (Lipinski definition) is 0. The molecule has 4 nitrogen and oxygen atoms in total. The highest BCUT2D eigenvalue weighted by molar-refractivity contribution is 8.11. The van der Waals surface area contributed by atoms with E-state index in [4.69, 9.17) is 0 Å². The van der Waals surface area contributed by atoms with Gasteiger partial charge in [-0.1, -0.05) is 47.2 Å². The molecule has 6 heteroatoms. The van der Waals surface area contributed by atoms with Gasteiger partial charge in [0, 0.05) is 29.6 Å². The second-order valence-electron chi connectivity index (χ2n) is 8.48. The van der Waals surface area contributed by atoms with E-state index in [1.165, 1.54) is 22.5 Å². The van der Waals surface area contributed by atoms with Gasteiger partial charge in [0.25, 0.3) is 5.56 Å². The summed E-state index contributed by atoms with van der Waals surface area (Å²) in [7, 11) is 2.02. The minimum atomic E-state index is 0.00130. The van der Waals surface area contributed by atoms with E-state index >= 15 is 0 Å². The number of aromatic nitrogens is 2. The maximum atomic E-state index is 13.9. The SMILES string of the molecule is CC1=CS/C(=c2/s/c(=C\c3cccc[n+]3C)n(-c3ccc(C)cc3)c2=O)N1c1ccc(C)cc1. The highest BCUT2D eigenvalue weighted by Gasteiger charge is 2.24. The van der Waals surface area contributed by atoms with E-state index in [0.29, 0.717) is 0 Å². The summed E-state index contributed by atoms with van der Waals surface area (Å²) in [5.41, 5.74) is 6.46. The molecule has 4 aromatic rings. The van der Waals surface area contributed by atoms with Crippen LogP contribution in [0.3, 0.4) is 0 Å². The van der Waals surface area contributed by atoms with Crippen molar-refractivity contribution in [2.75, 3.05) is 4.90 Å². The van der Waals surface area contributed by atoms with Crippen LogP contribution in [-0.4, -0.2) is 4.57 Å². The molecule has 0 saturated carbocycles. The van der Waals surface area contributed by atoms with Crippen molar-refractivity contribution in [3.63, 3.8) is 0 Å². The monoisotopic (exact) mass is 484 g/mol. The van der Waals surface area contributed by atoms with Gasteiger partial charge in [0.15, 0.2) is 6.20 Å². The molecular weight excluding hydrogens is 458 g/mol. The van der Waals surface area contributed by atoms with Crippen molar-refractivity contribution in [3.8, 4) is 5.69 Å². The van der Waals surface area contributed by atoms with Gasteiger partial charge in [-0.05, 0) is 56.5 Å². The van der Waals surface area contributed by atoms with E-state index in [0.717, 1.165) is 37.0 Å². The summed E-state index contributed by atoms with van der Waals surface area (Å²) < 4.78 is 5.53. The lowest BCUT2D eigenvalue weighted by Crippen LogP contribution is -2.34. The first-order valence-electron chi connectivity index (χ1n) is 11.1. The molecule has 0 fully saturated rings. The van der Waals surface area contributed by atoms with Gasteiger partial charge in [0.05, 0.1) is 5.69 Å². The van der Waals surface area contributed by atoms with Crippen LogP contribution in [0, 0.1) is 13.8 Å². The lowest BCUT2D eigenvalue weighted by Gasteiger charge is -2.21. The summed E-state index contributed by atoms with van der Waals surface area (Å²) in [6, 6.07) is 22.7. The van der Waals surface area contributed by atoms with Crippen LogP contribution >= 0.6 is 23.1 Å². The average molecular weight is 485 g/mol. The Hall–Kier alpha value is -3.35. The topological polar surface area (TPSA) is 29.1 Å². The summed E-state index contributed by atoms with van der Waals surface area (Å²) in [4.78, 5) is 16.1. The molecule has 2 aromatic heterocycles. The maximum absolute atomic E-state index is 13.9. The molecule has 0 spiro atoms. The van der Waals surface area contributed by atoms with Crippen LogP contribution in [0.1, 0.15) is 23.7 Å². The molecule has 0 saturated heterocycles. The van der Waals surface area contributed by atoms with Crippen LogP contribution < -0.4 is 24.2 Å². The third kappa shape index (κ3) is 4.15.